The number of aromatic nitrogens is 1. The highest BCUT2D eigenvalue weighted by molar-refractivity contribution is 7.89. The number of hydrogen-bond donors (Lipinski definition) is 2. The molecule has 1 aromatic heterocycles. The maximum absolute atomic E-state index is 12.4. The Balaban J connectivity index is 2.08. The van der Waals surface area contributed by atoms with Crippen molar-refractivity contribution >= 4 is 10.0 Å². The molecular formula is C15H26N2O3S. The summed E-state index contributed by atoms with van der Waals surface area (Å²) in [5, 5.41) is 9.34. The zero-order chi connectivity index (χ0) is 15.5. The van der Waals surface area contributed by atoms with Crippen LogP contribution in [0.15, 0.2) is 17.2 Å². The van der Waals surface area contributed by atoms with Gasteiger partial charge in [-0.25, -0.2) is 13.1 Å². The first-order valence-corrected chi connectivity index (χ1v) is 9.23. The fourth-order valence-corrected chi connectivity index (χ4v) is 4.12. The van der Waals surface area contributed by atoms with E-state index in [2.05, 4.69) is 4.72 Å². The number of aliphatic hydroxyl groups is 1. The Morgan fingerprint density at radius 1 is 1.33 bits per heavy atom. The van der Waals surface area contributed by atoms with Crippen LogP contribution in [0.5, 0.6) is 0 Å². The third kappa shape index (κ3) is 4.08. The summed E-state index contributed by atoms with van der Waals surface area (Å²) < 4.78 is 29.3. The Morgan fingerprint density at radius 3 is 2.52 bits per heavy atom. The summed E-state index contributed by atoms with van der Waals surface area (Å²) in [7, 11) is -3.49. The Bertz CT molecular complexity index is 557. The topological polar surface area (TPSA) is 71.3 Å². The van der Waals surface area contributed by atoms with Crippen molar-refractivity contribution in [3.63, 3.8) is 0 Å². The molecule has 0 amide bonds. The molecule has 21 heavy (non-hydrogen) atoms. The highest BCUT2D eigenvalue weighted by Gasteiger charge is 2.21. The van der Waals surface area contributed by atoms with E-state index in [1.165, 1.54) is 19.3 Å². The summed E-state index contributed by atoms with van der Waals surface area (Å²) in [6, 6.07) is 1.68. The SMILES string of the molecule is CC(C)n1cc(S(=O)(=O)NCC2CCCCC2)cc1CO. The summed E-state index contributed by atoms with van der Waals surface area (Å²) in [6.07, 6.45) is 7.49. The van der Waals surface area contributed by atoms with Crippen molar-refractivity contribution in [2.24, 2.45) is 5.92 Å². The number of nitrogens with zero attached hydrogens (tertiary/aromatic N) is 1. The molecule has 0 aromatic carbocycles. The van der Waals surface area contributed by atoms with Crippen molar-refractivity contribution in [1.29, 1.82) is 0 Å². The van der Waals surface area contributed by atoms with Crippen LogP contribution in [0, 0.1) is 5.92 Å². The van der Waals surface area contributed by atoms with Crippen molar-refractivity contribution in [1.82, 2.24) is 9.29 Å². The van der Waals surface area contributed by atoms with Crippen LogP contribution >= 0.6 is 0 Å². The van der Waals surface area contributed by atoms with E-state index >= 15 is 0 Å². The second-order valence-electron chi connectivity index (χ2n) is 6.18. The Morgan fingerprint density at radius 2 is 2.00 bits per heavy atom. The molecule has 1 heterocycles. The molecular weight excluding hydrogens is 288 g/mol. The van der Waals surface area contributed by atoms with E-state index in [0.29, 0.717) is 18.2 Å². The highest BCUT2D eigenvalue weighted by atomic mass is 32.2. The van der Waals surface area contributed by atoms with Gasteiger partial charge in [0.25, 0.3) is 0 Å². The third-order valence-corrected chi connectivity index (χ3v) is 5.61. The molecule has 0 unspecified atom stereocenters. The number of rotatable bonds is 6. The van der Waals surface area contributed by atoms with Crippen LogP contribution < -0.4 is 4.72 Å². The van der Waals surface area contributed by atoms with Gasteiger partial charge in [0.1, 0.15) is 0 Å². The average molecular weight is 314 g/mol. The lowest BCUT2D eigenvalue weighted by Crippen LogP contribution is -2.30. The zero-order valence-electron chi connectivity index (χ0n) is 12.9. The van der Waals surface area contributed by atoms with Crippen LogP contribution in [0.1, 0.15) is 57.7 Å². The van der Waals surface area contributed by atoms with Gasteiger partial charge in [-0.05, 0) is 38.7 Å². The molecule has 0 atom stereocenters. The summed E-state index contributed by atoms with van der Waals surface area (Å²) in [4.78, 5) is 0.246. The third-order valence-electron chi connectivity index (χ3n) is 4.22. The number of aliphatic hydroxyl groups excluding tert-OH is 1. The normalized spacial score (nSPS) is 17.5. The van der Waals surface area contributed by atoms with Gasteiger partial charge in [-0.2, -0.15) is 0 Å². The molecule has 2 rings (SSSR count). The van der Waals surface area contributed by atoms with E-state index in [4.69, 9.17) is 0 Å². The van der Waals surface area contributed by atoms with Crippen LogP contribution in [0.4, 0.5) is 0 Å². The molecule has 0 bridgehead atoms. The summed E-state index contributed by atoms with van der Waals surface area (Å²) >= 11 is 0. The van der Waals surface area contributed by atoms with Crippen molar-refractivity contribution < 1.29 is 13.5 Å². The van der Waals surface area contributed by atoms with Crippen LogP contribution in [0.2, 0.25) is 0 Å². The van der Waals surface area contributed by atoms with Gasteiger partial charge in [0.05, 0.1) is 11.5 Å². The smallest absolute Gasteiger partial charge is 0.242 e. The quantitative estimate of drug-likeness (QED) is 0.847. The van der Waals surface area contributed by atoms with E-state index in [1.807, 2.05) is 13.8 Å². The van der Waals surface area contributed by atoms with Crippen LogP contribution in [0.25, 0.3) is 0 Å². The number of hydrogen-bond acceptors (Lipinski definition) is 3. The van der Waals surface area contributed by atoms with Crippen molar-refractivity contribution in [2.45, 2.75) is 63.5 Å². The lowest BCUT2D eigenvalue weighted by Gasteiger charge is -2.21. The molecule has 0 saturated heterocycles. The van der Waals surface area contributed by atoms with Gasteiger partial charge in [-0.3, -0.25) is 0 Å². The molecule has 1 aromatic rings. The second kappa shape index (κ2) is 6.94. The van der Waals surface area contributed by atoms with Crippen LogP contribution in [0.3, 0.4) is 0 Å². The van der Waals surface area contributed by atoms with Gasteiger partial charge in [-0.15, -0.1) is 0 Å². The first-order chi connectivity index (χ1) is 9.94. The minimum atomic E-state index is -3.49. The molecule has 120 valence electrons. The lowest BCUT2D eigenvalue weighted by atomic mass is 9.90. The summed E-state index contributed by atoms with van der Waals surface area (Å²) in [5.74, 6) is 0.457. The standard InChI is InChI=1S/C15H26N2O3S/c1-12(2)17-10-15(8-14(17)11-18)21(19,20)16-9-13-6-4-3-5-7-13/h8,10,12-13,16,18H,3-7,9,11H2,1-2H3. The van der Waals surface area contributed by atoms with Gasteiger partial charge in [0.15, 0.2) is 0 Å². The van der Waals surface area contributed by atoms with Gasteiger partial charge in [-0.1, -0.05) is 19.3 Å². The van der Waals surface area contributed by atoms with Crippen LogP contribution in [-0.4, -0.2) is 24.6 Å². The van der Waals surface area contributed by atoms with Crippen molar-refractivity contribution in [3.05, 3.63) is 18.0 Å². The van der Waals surface area contributed by atoms with E-state index in [-0.39, 0.29) is 17.5 Å². The fraction of sp³-hybridized carbons (Fsp3) is 0.733. The van der Waals surface area contributed by atoms with Gasteiger partial charge >= 0.3 is 0 Å². The average Bonchev–Trinajstić information content (AvgIpc) is 2.92. The van der Waals surface area contributed by atoms with Gasteiger partial charge < -0.3 is 9.67 Å². The maximum atomic E-state index is 12.4. The Hall–Kier alpha value is -0.850. The monoisotopic (exact) mass is 314 g/mol. The molecule has 0 radical (unpaired) electrons. The zero-order valence-corrected chi connectivity index (χ0v) is 13.7. The Kier molecular flexibility index (Phi) is 5.46. The predicted molar refractivity (Wildman–Crippen MR) is 82.5 cm³/mol. The molecule has 5 nitrogen and oxygen atoms in total. The molecule has 0 spiro atoms. The first kappa shape index (κ1) is 16.5. The summed E-state index contributed by atoms with van der Waals surface area (Å²) in [6.45, 7) is 4.29. The Labute approximate surface area is 127 Å². The van der Waals surface area contributed by atoms with E-state index < -0.39 is 10.0 Å². The molecule has 0 aliphatic heterocycles. The highest BCUT2D eigenvalue weighted by Crippen LogP contribution is 2.24. The largest absolute Gasteiger partial charge is 0.390 e. The van der Waals surface area contributed by atoms with Crippen molar-refractivity contribution in [3.8, 4) is 0 Å². The second-order valence-corrected chi connectivity index (χ2v) is 7.95. The van der Waals surface area contributed by atoms with Gasteiger partial charge in [0, 0.05) is 24.5 Å². The molecule has 1 saturated carbocycles. The minimum Gasteiger partial charge on any atom is -0.390 e. The number of sulfonamides is 1. The van der Waals surface area contributed by atoms with E-state index in [1.54, 1.807) is 16.8 Å². The van der Waals surface area contributed by atoms with Gasteiger partial charge in [0.2, 0.25) is 10.0 Å². The van der Waals surface area contributed by atoms with Crippen molar-refractivity contribution in [2.75, 3.05) is 6.54 Å². The molecule has 1 aliphatic rings. The van der Waals surface area contributed by atoms with Crippen LogP contribution in [-0.2, 0) is 16.6 Å². The first-order valence-electron chi connectivity index (χ1n) is 7.75. The lowest BCUT2D eigenvalue weighted by molar-refractivity contribution is 0.268. The fourth-order valence-electron chi connectivity index (χ4n) is 2.95. The predicted octanol–water partition coefficient (Wildman–Crippen LogP) is 2.42. The van der Waals surface area contributed by atoms with E-state index in [0.717, 1.165) is 12.8 Å². The molecule has 2 N–H and O–H groups in total. The molecule has 1 aliphatic carbocycles. The minimum absolute atomic E-state index is 0.120. The molecule has 1 fully saturated rings. The molecule has 6 heteroatoms. The maximum Gasteiger partial charge on any atom is 0.242 e. The number of nitrogens with one attached hydrogen (secondary N) is 1. The van der Waals surface area contributed by atoms with E-state index in [9.17, 15) is 13.5 Å². The summed E-state index contributed by atoms with van der Waals surface area (Å²) in [5.41, 5.74) is 0.628.